The minimum atomic E-state index is -3.25. The first-order valence-electron chi connectivity index (χ1n) is 6.48. The molecule has 0 aliphatic rings. The van der Waals surface area contributed by atoms with Crippen molar-refractivity contribution in [2.75, 3.05) is 5.75 Å². The van der Waals surface area contributed by atoms with Gasteiger partial charge in [0, 0.05) is 11.4 Å². The summed E-state index contributed by atoms with van der Waals surface area (Å²) in [5.41, 5.74) is 0.601. The van der Waals surface area contributed by atoms with Crippen molar-refractivity contribution < 1.29 is 13.2 Å². The van der Waals surface area contributed by atoms with E-state index in [0.29, 0.717) is 21.9 Å². The number of hydrogen-bond acceptors (Lipinski definition) is 4. The van der Waals surface area contributed by atoms with E-state index in [-0.39, 0.29) is 23.7 Å². The Labute approximate surface area is 133 Å². The maximum Gasteiger partial charge on any atom is 0.172 e. The van der Waals surface area contributed by atoms with Crippen molar-refractivity contribution in [3.8, 4) is 0 Å². The predicted molar refractivity (Wildman–Crippen MR) is 86.8 cm³/mol. The summed E-state index contributed by atoms with van der Waals surface area (Å²) in [6.45, 7) is 0. The van der Waals surface area contributed by atoms with E-state index in [9.17, 15) is 13.2 Å². The number of benzene rings is 1. The molecule has 112 valence electrons. The molecule has 0 aliphatic carbocycles. The van der Waals surface area contributed by atoms with Crippen molar-refractivity contribution >= 4 is 38.6 Å². The monoisotopic (exact) mass is 342 g/mol. The largest absolute Gasteiger partial charge is 0.293 e. The van der Waals surface area contributed by atoms with Crippen molar-refractivity contribution in [3.05, 3.63) is 57.2 Å². The van der Waals surface area contributed by atoms with E-state index < -0.39 is 9.84 Å². The van der Waals surface area contributed by atoms with E-state index >= 15 is 0 Å². The van der Waals surface area contributed by atoms with Gasteiger partial charge in [-0.15, -0.1) is 11.3 Å². The molecule has 0 saturated carbocycles. The molecule has 0 atom stereocenters. The molecule has 3 nitrogen and oxygen atoms in total. The third-order valence-corrected chi connectivity index (χ3v) is 5.93. The lowest BCUT2D eigenvalue weighted by molar-refractivity contribution is 0.0986. The highest BCUT2D eigenvalue weighted by Crippen LogP contribution is 2.19. The zero-order valence-electron chi connectivity index (χ0n) is 11.3. The lowest BCUT2D eigenvalue weighted by Crippen LogP contribution is -2.11. The van der Waals surface area contributed by atoms with Crippen LogP contribution in [-0.2, 0) is 15.6 Å². The molecule has 0 fully saturated rings. The molecular formula is C15H15ClO3S2. The molecular weight excluding hydrogens is 328 g/mol. The minimum Gasteiger partial charge on any atom is -0.293 e. The summed E-state index contributed by atoms with van der Waals surface area (Å²) in [6.07, 6.45) is 0.589. The maximum absolute atomic E-state index is 12.1. The fourth-order valence-corrected chi connectivity index (χ4v) is 4.37. The Morgan fingerprint density at radius 3 is 2.57 bits per heavy atom. The number of ketones is 1. The van der Waals surface area contributed by atoms with Crippen molar-refractivity contribution in [3.63, 3.8) is 0 Å². The molecule has 1 heterocycles. The van der Waals surface area contributed by atoms with Gasteiger partial charge >= 0.3 is 0 Å². The smallest absolute Gasteiger partial charge is 0.172 e. The Morgan fingerprint density at radius 1 is 1.14 bits per heavy atom. The van der Waals surface area contributed by atoms with Crippen LogP contribution in [0.2, 0.25) is 5.02 Å². The summed E-state index contributed by atoms with van der Waals surface area (Å²) in [5, 5.41) is 2.29. The summed E-state index contributed by atoms with van der Waals surface area (Å²) < 4.78 is 24.1. The average Bonchev–Trinajstić information content (AvgIpc) is 2.95. The number of Topliss-reactive ketones (excluding diaryl/α,β-unsaturated/α-hetero) is 1. The number of sulfone groups is 1. The van der Waals surface area contributed by atoms with E-state index in [0.717, 1.165) is 0 Å². The number of carbonyl (C=O) groups excluding carboxylic acids is 1. The number of halogens is 1. The van der Waals surface area contributed by atoms with E-state index in [1.165, 1.54) is 11.3 Å². The van der Waals surface area contributed by atoms with Crippen molar-refractivity contribution in [1.82, 2.24) is 0 Å². The Hall–Kier alpha value is -1.17. The molecule has 0 bridgehead atoms. The van der Waals surface area contributed by atoms with Crippen LogP contribution in [0.3, 0.4) is 0 Å². The Morgan fingerprint density at radius 2 is 1.90 bits per heavy atom. The highest BCUT2D eigenvalue weighted by atomic mass is 35.5. The predicted octanol–water partition coefficient (Wildman–Crippen LogP) is 3.98. The molecule has 0 N–H and O–H groups in total. The van der Waals surface area contributed by atoms with Crippen LogP contribution in [0.15, 0.2) is 41.8 Å². The molecule has 0 radical (unpaired) electrons. The number of thiophene rings is 1. The molecule has 0 spiro atoms. The third-order valence-electron chi connectivity index (χ3n) is 2.99. The van der Waals surface area contributed by atoms with Gasteiger partial charge in [0.15, 0.2) is 15.6 Å². The molecule has 6 heteroatoms. The maximum atomic E-state index is 12.1. The van der Waals surface area contributed by atoms with Gasteiger partial charge in [-0.25, -0.2) is 8.42 Å². The Bertz CT molecular complexity index is 706. The van der Waals surface area contributed by atoms with Crippen molar-refractivity contribution in [1.29, 1.82) is 0 Å². The summed E-state index contributed by atoms with van der Waals surface area (Å²) in [4.78, 5) is 12.5. The minimum absolute atomic E-state index is 0.00190. The normalized spacial score (nSPS) is 11.5. The van der Waals surface area contributed by atoms with Crippen LogP contribution in [0.5, 0.6) is 0 Å². The Kier molecular flexibility index (Phi) is 5.56. The van der Waals surface area contributed by atoms with Gasteiger partial charge in [0.05, 0.1) is 16.4 Å². The quantitative estimate of drug-likeness (QED) is 0.715. The second-order valence-corrected chi connectivity index (χ2v) is 8.23. The zero-order valence-corrected chi connectivity index (χ0v) is 13.7. The molecule has 21 heavy (non-hydrogen) atoms. The standard InChI is InChI=1S/C15H15ClO3S2/c16-13-6-2-1-5-12(13)11-21(18,19)10-4-7-14(17)15-8-3-9-20-15/h1-3,5-6,8-9H,4,7,10-11H2. The first kappa shape index (κ1) is 16.2. The molecule has 0 amide bonds. The molecule has 0 aliphatic heterocycles. The van der Waals surface area contributed by atoms with E-state index in [4.69, 9.17) is 11.6 Å². The van der Waals surface area contributed by atoms with Crippen LogP contribution in [0, 0.1) is 0 Å². The average molecular weight is 343 g/mol. The van der Waals surface area contributed by atoms with E-state index in [2.05, 4.69) is 0 Å². The first-order valence-corrected chi connectivity index (χ1v) is 9.56. The summed E-state index contributed by atoms with van der Waals surface area (Å²) in [6, 6.07) is 10.5. The van der Waals surface area contributed by atoms with Gasteiger partial charge in [-0.05, 0) is 29.5 Å². The fourth-order valence-electron chi connectivity index (χ4n) is 1.94. The van der Waals surface area contributed by atoms with Crippen LogP contribution in [0.25, 0.3) is 0 Å². The molecule has 2 rings (SSSR count). The molecule has 0 unspecified atom stereocenters. The zero-order chi connectivity index (χ0) is 15.3. The lowest BCUT2D eigenvalue weighted by Gasteiger charge is -2.06. The van der Waals surface area contributed by atoms with Crippen LogP contribution in [0.1, 0.15) is 28.1 Å². The highest BCUT2D eigenvalue weighted by molar-refractivity contribution is 7.90. The molecule has 1 aromatic carbocycles. The topological polar surface area (TPSA) is 51.2 Å². The highest BCUT2D eigenvalue weighted by Gasteiger charge is 2.15. The van der Waals surface area contributed by atoms with Crippen LogP contribution in [-0.4, -0.2) is 20.0 Å². The summed E-state index contributed by atoms with van der Waals surface area (Å²) in [5.74, 6) is -0.0900. The summed E-state index contributed by atoms with van der Waals surface area (Å²) >= 11 is 7.34. The molecule has 0 saturated heterocycles. The third kappa shape index (κ3) is 4.95. The van der Waals surface area contributed by atoms with Crippen molar-refractivity contribution in [2.45, 2.75) is 18.6 Å². The van der Waals surface area contributed by atoms with E-state index in [1.54, 1.807) is 30.3 Å². The van der Waals surface area contributed by atoms with Gasteiger partial charge in [-0.3, -0.25) is 4.79 Å². The van der Waals surface area contributed by atoms with E-state index in [1.807, 2.05) is 11.4 Å². The summed E-state index contributed by atoms with van der Waals surface area (Å²) in [7, 11) is -3.25. The number of hydrogen-bond donors (Lipinski definition) is 0. The van der Waals surface area contributed by atoms with Crippen LogP contribution >= 0.6 is 22.9 Å². The molecule has 1 aromatic heterocycles. The fraction of sp³-hybridized carbons (Fsp3) is 0.267. The van der Waals surface area contributed by atoms with Crippen molar-refractivity contribution in [2.24, 2.45) is 0 Å². The van der Waals surface area contributed by atoms with Gasteiger partial charge in [-0.1, -0.05) is 35.9 Å². The Balaban J connectivity index is 1.87. The van der Waals surface area contributed by atoms with Crippen LogP contribution in [0.4, 0.5) is 0 Å². The van der Waals surface area contributed by atoms with Gasteiger partial charge in [0.25, 0.3) is 0 Å². The van der Waals surface area contributed by atoms with Crippen LogP contribution < -0.4 is 0 Å². The number of rotatable bonds is 7. The lowest BCUT2D eigenvalue weighted by atomic mass is 10.2. The van der Waals surface area contributed by atoms with Gasteiger partial charge in [0.1, 0.15) is 0 Å². The second-order valence-electron chi connectivity index (χ2n) is 4.69. The SMILES string of the molecule is O=C(CCCS(=O)(=O)Cc1ccccc1Cl)c1cccs1. The van der Waals surface area contributed by atoms with Gasteiger partial charge < -0.3 is 0 Å². The molecule has 2 aromatic rings. The first-order chi connectivity index (χ1) is 9.98. The number of carbonyl (C=O) groups is 1. The van der Waals surface area contributed by atoms with Gasteiger partial charge in [0.2, 0.25) is 0 Å². The van der Waals surface area contributed by atoms with Gasteiger partial charge in [-0.2, -0.15) is 0 Å². The second kappa shape index (κ2) is 7.20.